The van der Waals surface area contributed by atoms with Gasteiger partial charge < -0.3 is 4.42 Å². The zero-order valence-corrected chi connectivity index (χ0v) is 16.1. The highest BCUT2D eigenvalue weighted by Crippen LogP contribution is 2.28. The van der Waals surface area contributed by atoms with Crippen LogP contribution in [0.4, 0.5) is 4.39 Å². The van der Waals surface area contributed by atoms with Crippen LogP contribution in [0, 0.1) is 5.82 Å². The van der Waals surface area contributed by atoms with Gasteiger partial charge in [-0.2, -0.15) is 4.31 Å². The van der Waals surface area contributed by atoms with Gasteiger partial charge in [0.15, 0.2) is 0 Å². The van der Waals surface area contributed by atoms with Crippen LogP contribution < -0.4 is 0 Å². The predicted octanol–water partition coefficient (Wildman–Crippen LogP) is 4.19. The molecule has 0 saturated heterocycles. The molecule has 10 heteroatoms. The van der Waals surface area contributed by atoms with Crippen LogP contribution in [0.15, 0.2) is 45.0 Å². The van der Waals surface area contributed by atoms with Crippen molar-refractivity contribution in [1.82, 2.24) is 14.5 Å². The van der Waals surface area contributed by atoms with Gasteiger partial charge in [0.1, 0.15) is 10.7 Å². The number of aromatic nitrogens is 2. The summed E-state index contributed by atoms with van der Waals surface area (Å²) in [5, 5.41) is 9.59. The largest absolute Gasteiger partial charge is 0.418 e. The Hall–Kier alpha value is -1.81. The third-order valence-corrected chi connectivity index (χ3v) is 6.68. The molecular weight excluding hydrogens is 401 g/mol. The van der Waals surface area contributed by atoms with Gasteiger partial charge in [-0.25, -0.2) is 12.8 Å². The number of nitrogens with zero attached hydrogens (tertiary/aromatic N) is 3. The Kier molecular flexibility index (Phi) is 5.71. The second-order valence-corrected chi connectivity index (χ2v) is 8.65. The van der Waals surface area contributed by atoms with Crippen molar-refractivity contribution in [3.8, 4) is 10.8 Å². The number of sulfonamides is 1. The Balaban J connectivity index is 1.89. The minimum atomic E-state index is -3.94. The van der Waals surface area contributed by atoms with Crippen LogP contribution in [0.3, 0.4) is 0 Å². The first kappa shape index (κ1) is 19.0. The minimum absolute atomic E-state index is 0.0950. The molecule has 0 aliphatic carbocycles. The molecule has 0 atom stereocenters. The second-order valence-electron chi connectivity index (χ2n) is 5.39. The smallest absolute Gasteiger partial charge is 0.257 e. The zero-order chi connectivity index (χ0) is 18.7. The summed E-state index contributed by atoms with van der Waals surface area (Å²) in [6.45, 7) is 1.98. The van der Waals surface area contributed by atoms with E-state index in [2.05, 4.69) is 10.2 Å². The van der Waals surface area contributed by atoms with E-state index in [1.54, 1.807) is 0 Å². The van der Waals surface area contributed by atoms with Crippen LogP contribution in [0.2, 0.25) is 5.02 Å². The van der Waals surface area contributed by atoms with Crippen molar-refractivity contribution in [3.05, 3.63) is 52.4 Å². The Morgan fingerprint density at radius 1 is 1.31 bits per heavy atom. The van der Waals surface area contributed by atoms with E-state index >= 15 is 0 Å². The molecule has 0 fully saturated rings. The monoisotopic (exact) mass is 415 g/mol. The summed E-state index contributed by atoms with van der Waals surface area (Å²) in [6, 6.07) is 6.88. The molecule has 0 bridgehead atoms. The number of rotatable bonds is 7. The Bertz CT molecular complexity index is 990. The first-order chi connectivity index (χ1) is 12.4. The van der Waals surface area contributed by atoms with Gasteiger partial charge in [-0.15, -0.1) is 21.5 Å². The third kappa shape index (κ3) is 3.96. The number of thiophene rings is 1. The second kappa shape index (κ2) is 7.83. The van der Waals surface area contributed by atoms with Crippen LogP contribution >= 0.6 is 22.9 Å². The molecule has 3 aromatic rings. The van der Waals surface area contributed by atoms with E-state index < -0.39 is 15.8 Å². The van der Waals surface area contributed by atoms with E-state index in [0.717, 1.165) is 23.1 Å². The van der Waals surface area contributed by atoms with E-state index in [0.29, 0.717) is 12.3 Å². The standard InChI is InChI=1S/C16H15ClFN3O3S2/c1-2-7-21(26(22,23)14-6-5-11(18)9-12(14)17)10-15-19-20-16(24-15)13-4-3-8-25-13/h3-6,8-9H,2,7,10H2,1H3. The molecule has 0 spiro atoms. The van der Waals surface area contributed by atoms with Crippen molar-refractivity contribution in [1.29, 1.82) is 0 Å². The molecule has 2 aromatic heterocycles. The van der Waals surface area contributed by atoms with E-state index in [1.165, 1.54) is 15.6 Å². The van der Waals surface area contributed by atoms with Crippen LogP contribution in [-0.2, 0) is 16.6 Å². The molecule has 26 heavy (non-hydrogen) atoms. The molecule has 0 unspecified atom stereocenters. The minimum Gasteiger partial charge on any atom is -0.418 e. The van der Waals surface area contributed by atoms with Gasteiger partial charge in [0, 0.05) is 6.54 Å². The quantitative estimate of drug-likeness (QED) is 0.578. The molecule has 0 N–H and O–H groups in total. The summed E-state index contributed by atoms with van der Waals surface area (Å²) in [7, 11) is -3.94. The molecule has 6 nitrogen and oxygen atoms in total. The highest BCUT2D eigenvalue weighted by Gasteiger charge is 2.28. The summed E-state index contributed by atoms with van der Waals surface area (Å²) in [6.07, 6.45) is 0.573. The molecule has 2 heterocycles. The van der Waals surface area contributed by atoms with Crippen molar-refractivity contribution in [2.75, 3.05) is 6.54 Å². The van der Waals surface area contributed by atoms with Crippen LogP contribution in [-0.4, -0.2) is 29.5 Å². The summed E-state index contributed by atoms with van der Waals surface area (Å²) in [5.41, 5.74) is 0. The molecule has 0 radical (unpaired) electrons. The fourth-order valence-corrected chi connectivity index (χ4v) is 4.96. The zero-order valence-electron chi connectivity index (χ0n) is 13.7. The molecule has 0 aliphatic heterocycles. The lowest BCUT2D eigenvalue weighted by atomic mass is 10.3. The lowest BCUT2D eigenvalue weighted by molar-refractivity contribution is 0.357. The maximum atomic E-state index is 13.2. The van der Waals surface area contributed by atoms with Gasteiger partial charge >= 0.3 is 0 Å². The fourth-order valence-electron chi connectivity index (χ4n) is 2.33. The van der Waals surface area contributed by atoms with E-state index in [4.69, 9.17) is 16.0 Å². The van der Waals surface area contributed by atoms with Gasteiger partial charge in [-0.05, 0) is 36.1 Å². The molecule has 3 rings (SSSR count). The van der Waals surface area contributed by atoms with Gasteiger partial charge in [-0.1, -0.05) is 24.6 Å². The molecule has 0 aliphatic rings. The Labute approximate surface area is 159 Å². The van der Waals surface area contributed by atoms with Crippen molar-refractivity contribution < 1.29 is 17.2 Å². The summed E-state index contributed by atoms with van der Waals surface area (Å²) in [4.78, 5) is 0.641. The molecule has 138 valence electrons. The Morgan fingerprint density at radius 2 is 2.12 bits per heavy atom. The van der Waals surface area contributed by atoms with E-state index in [1.807, 2.05) is 24.4 Å². The topological polar surface area (TPSA) is 76.3 Å². The molecule has 0 amide bonds. The summed E-state index contributed by atoms with van der Waals surface area (Å²) >= 11 is 7.38. The van der Waals surface area contributed by atoms with Gasteiger partial charge in [0.2, 0.25) is 15.9 Å². The predicted molar refractivity (Wildman–Crippen MR) is 96.9 cm³/mol. The molecule has 0 saturated carbocycles. The van der Waals surface area contributed by atoms with Gasteiger partial charge in [0.25, 0.3) is 5.89 Å². The van der Waals surface area contributed by atoms with Crippen molar-refractivity contribution in [3.63, 3.8) is 0 Å². The normalized spacial score (nSPS) is 12.0. The summed E-state index contributed by atoms with van der Waals surface area (Å²) in [5.74, 6) is -0.0965. The average Bonchev–Trinajstić information content (AvgIpc) is 3.25. The maximum Gasteiger partial charge on any atom is 0.257 e. The van der Waals surface area contributed by atoms with Crippen molar-refractivity contribution >= 4 is 33.0 Å². The first-order valence-corrected chi connectivity index (χ1v) is 10.4. The van der Waals surface area contributed by atoms with Crippen LogP contribution in [0.1, 0.15) is 19.2 Å². The van der Waals surface area contributed by atoms with Crippen LogP contribution in [0.25, 0.3) is 10.8 Å². The molecular formula is C16H15ClFN3O3S2. The summed E-state index contributed by atoms with van der Waals surface area (Å²) < 4.78 is 45.9. The average molecular weight is 416 g/mol. The van der Waals surface area contributed by atoms with E-state index in [-0.39, 0.29) is 28.9 Å². The maximum absolute atomic E-state index is 13.2. The number of hydrogen-bond donors (Lipinski definition) is 0. The number of benzene rings is 1. The highest BCUT2D eigenvalue weighted by molar-refractivity contribution is 7.89. The first-order valence-electron chi connectivity index (χ1n) is 7.73. The van der Waals surface area contributed by atoms with Crippen molar-refractivity contribution in [2.45, 2.75) is 24.8 Å². The lowest BCUT2D eigenvalue weighted by Crippen LogP contribution is -2.31. The van der Waals surface area contributed by atoms with E-state index in [9.17, 15) is 12.8 Å². The third-order valence-electron chi connectivity index (χ3n) is 3.50. The van der Waals surface area contributed by atoms with Crippen LogP contribution in [0.5, 0.6) is 0 Å². The van der Waals surface area contributed by atoms with Gasteiger partial charge in [-0.3, -0.25) is 0 Å². The fraction of sp³-hybridized carbons (Fsp3) is 0.250. The lowest BCUT2D eigenvalue weighted by Gasteiger charge is -2.20. The molecule has 1 aromatic carbocycles. The van der Waals surface area contributed by atoms with Crippen molar-refractivity contribution in [2.24, 2.45) is 0 Å². The number of hydrogen-bond acceptors (Lipinski definition) is 6. The SMILES string of the molecule is CCCN(Cc1nnc(-c2cccs2)o1)S(=O)(=O)c1ccc(F)cc1Cl. The number of halogens is 2. The van der Waals surface area contributed by atoms with Gasteiger partial charge in [0.05, 0.1) is 16.4 Å². The highest BCUT2D eigenvalue weighted by atomic mass is 35.5. The Morgan fingerprint density at radius 3 is 2.77 bits per heavy atom.